The number of ether oxygens (including phenoxy) is 2. The van der Waals surface area contributed by atoms with Crippen LogP contribution in [0.5, 0.6) is 5.75 Å². The molecule has 0 N–H and O–H groups in total. The van der Waals surface area contributed by atoms with Crippen LogP contribution in [0, 0.1) is 6.92 Å². The summed E-state index contributed by atoms with van der Waals surface area (Å²) in [6.45, 7) is 1.94. The van der Waals surface area contributed by atoms with Gasteiger partial charge in [-0.25, -0.2) is 0 Å². The summed E-state index contributed by atoms with van der Waals surface area (Å²) in [5.74, 6) is 0.875. The molecular weight excluding hydrogens is 228 g/mol. The molecule has 0 amide bonds. The van der Waals surface area contributed by atoms with Gasteiger partial charge in [0.05, 0.1) is 20.6 Å². The molecule has 88 valence electrons. The summed E-state index contributed by atoms with van der Waals surface area (Å²) < 4.78 is 9.85. The number of hydrogen-bond acceptors (Lipinski definition) is 3. The average Bonchev–Trinajstić information content (AvgIpc) is 2.30. The molecule has 0 spiro atoms. The summed E-state index contributed by atoms with van der Waals surface area (Å²) in [5, 5.41) is 0. The fourth-order valence-electron chi connectivity index (χ4n) is 1.50. The van der Waals surface area contributed by atoms with E-state index in [9.17, 15) is 4.79 Å². The van der Waals surface area contributed by atoms with Crippen LogP contribution in [-0.4, -0.2) is 20.2 Å². The van der Waals surface area contributed by atoms with Crippen molar-refractivity contribution in [2.45, 2.75) is 19.2 Å². The van der Waals surface area contributed by atoms with Crippen molar-refractivity contribution < 1.29 is 14.3 Å². The first-order valence-electron chi connectivity index (χ1n) is 4.91. The molecule has 1 rings (SSSR count). The smallest absolute Gasteiger partial charge is 0.309 e. The van der Waals surface area contributed by atoms with Crippen LogP contribution < -0.4 is 4.74 Å². The van der Waals surface area contributed by atoms with Gasteiger partial charge in [0.15, 0.2) is 0 Å². The molecule has 16 heavy (non-hydrogen) atoms. The van der Waals surface area contributed by atoms with Crippen molar-refractivity contribution in [3.63, 3.8) is 0 Å². The maximum Gasteiger partial charge on any atom is 0.309 e. The molecule has 0 fully saturated rings. The van der Waals surface area contributed by atoms with E-state index < -0.39 is 0 Å². The Morgan fingerprint density at radius 1 is 1.38 bits per heavy atom. The molecule has 0 aliphatic carbocycles. The molecule has 0 atom stereocenters. The monoisotopic (exact) mass is 242 g/mol. The third-order valence-corrected chi connectivity index (χ3v) is 2.76. The maximum atomic E-state index is 11.2. The van der Waals surface area contributed by atoms with Gasteiger partial charge in [-0.3, -0.25) is 4.79 Å². The lowest BCUT2D eigenvalue weighted by atomic mass is 10.0. The summed E-state index contributed by atoms with van der Waals surface area (Å²) in [4.78, 5) is 11.2. The molecule has 0 aromatic heterocycles. The Bertz CT molecular complexity index is 363. The molecule has 3 nitrogen and oxygen atoms in total. The second-order valence-corrected chi connectivity index (χ2v) is 3.74. The average molecular weight is 243 g/mol. The Kier molecular flexibility index (Phi) is 4.62. The van der Waals surface area contributed by atoms with E-state index in [-0.39, 0.29) is 12.4 Å². The number of halogens is 1. The van der Waals surface area contributed by atoms with Crippen LogP contribution >= 0.6 is 11.6 Å². The quantitative estimate of drug-likeness (QED) is 0.601. The van der Waals surface area contributed by atoms with Crippen molar-refractivity contribution in [1.82, 2.24) is 0 Å². The number of carbonyl (C=O) groups excluding carboxylic acids is 1. The second kappa shape index (κ2) is 5.75. The second-order valence-electron chi connectivity index (χ2n) is 3.47. The van der Waals surface area contributed by atoms with Crippen LogP contribution in [-0.2, 0) is 21.8 Å². The van der Waals surface area contributed by atoms with Gasteiger partial charge in [0.25, 0.3) is 0 Å². The molecule has 0 heterocycles. The van der Waals surface area contributed by atoms with Crippen LogP contribution in [0.4, 0.5) is 0 Å². The molecule has 0 unspecified atom stereocenters. The van der Waals surface area contributed by atoms with E-state index in [1.807, 2.05) is 19.1 Å². The van der Waals surface area contributed by atoms with Gasteiger partial charge >= 0.3 is 5.97 Å². The zero-order chi connectivity index (χ0) is 12.1. The fourth-order valence-corrected chi connectivity index (χ4v) is 1.78. The van der Waals surface area contributed by atoms with Crippen molar-refractivity contribution in [1.29, 1.82) is 0 Å². The highest BCUT2D eigenvalue weighted by molar-refractivity contribution is 6.17. The number of esters is 1. The van der Waals surface area contributed by atoms with Crippen molar-refractivity contribution in [3.05, 3.63) is 28.8 Å². The van der Waals surface area contributed by atoms with Gasteiger partial charge in [-0.15, -0.1) is 11.6 Å². The molecule has 1 aromatic carbocycles. The van der Waals surface area contributed by atoms with Crippen LogP contribution in [0.3, 0.4) is 0 Å². The zero-order valence-electron chi connectivity index (χ0n) is 9.67. The normalized spacial score (nSPS) is 10.0. The first-order valence-corrected chi connectivity index (χ1v) is 5.45. The van der Waals surface area contributed by atoms with Crippen molar-refractivity contribution in [3.8, 4) is 5.75 Å². The van der Waals surface area contributed by atoms with E-state index in [0.717, 1.165) is 22.4 Å². The molecular formula is C12H15ClO3. The lowest BCUT2D eigenvalue weighted by molar-refractivity contribution is -0.139. The lowest BCUT2D eigenvalue weighted by Gasteiger charge is -2.11. The highest BCUT2D eigenvalue weighted by Crippen LogP contribution is 2.25. The fraction of sp³-hybridized carbons (Fsp3) is 0.417. The van der Waals surface area contributed by atoms with Crippen molar-refractivity contribution >= 4 is 17.6 Å². The van der Waals surface area contributed by atoms with E-state index in [1.54, 1.807) is 7.11 Å². The Morgan fingerprint density at radius 3 is 2.56 bits per heavy atom. The van der Waals surface area contributed by atoms with Gasteiger partial charge in [-0.1, -0.05) is 6.07 Å². The molecule has 1 aromatic rings. The minimum atomic E-state index is -0.272. The van der Waals surface area contributed by atoms with E-state index in [1.165, 1.54) is 7.11 Å². The van der Waals surface area contributed by atoms with Crippen LogP contribution in [0.2, 0.25) is 0 Å². The molecule has 4 heteroatoms. The summed E-state index contributed by atoms with van der Waals surface area (Å²) in [6, 6.07) is 3.74. The number of alkyl halides is 1. The van der Waals surface area contributed by atoms with Crippen LogP contribution in [0.1, 0.15) is 16.7 Å². The number of rotatable bonds is 4. The third-order valence-electron chi connectivity index (χ3n) is 2.47. The van der Waals surface area contributed by atoms with Gasteiger partial charge in [0.2, 0.25) is 0 Å². The first-order chi connectivity index (χ1) is 7.62. The maximum absolute atomic E-state index is 11.2. The minimum absolute atomic E-state index is 0.233. The van der Waals surface area contributed by atoms with Crippen molar-refractivity contribution in [2.75, 3.05) is 14.2 Å². The van der Waals surface area contributed by atoms with Gasteiger partial charge in [0, 0.05) is 5.88 Å². The van der Waals surface area contributed by atoms with Gasteiger partial charge < -0.3 is 9.47 Å². The lowest BCUT2D eigenvalue weighted by Crippen LogP contribution is -2.05. The Labute approximate surface area is 100 Å². The standard InChI is InChI=1S/C12H15ClO3/c1-8-10(7-13)4-9(5-11(8)15-2)6-12(14)16-3/h4-5H,6-7H2,1-3H3. The third kappa shape index (κ3) is 2.89. The van der Waals surface area contributed by atoms with Gasteiger partial charge in [-0.05, 0) is 29.7 Å². The highest BCUT2D eigenvalue weighted by atomic mass is 35.5. The number of benzene rings is 1. The summed E-state index contributed by atoms with van der Waals surface area (Å²) >= 11 is 5.83. The molecule has 0 aliphatic heterocycles. The van der Waals surface area contributed by atoms with E-state index >= 15 is 0 Å². The largest absolute Gasteiger partial charge is 0.496 e. The molecule has 0 saturated heterocycles. The number of carbonyl (C=O) groups is 1. The molecule has 0 radical (unpaired) electrons. The molecule has 0 bridgehead atoms. The highest BCUT2D eigenvalue weighted by Gasteiger charge is 2.10. The number of hydrogen-bond donors (Lipinski definition) is 0. The van der Waals surface area contributed by atoms with E-state index in [0.29, 0.717) is 5.88 Å². The van der Waals surface area contributed by atoms with Crippen LogP contribution in [0.25, 0.3) is 0 Å². The SMILES string of the molecule is COC(=O)Cc1cc(CCl)c(C)c(OC)c1. The Balaban J connectivity index is 3.06. The topological polar surface area (TPSA) is 35.5 Å². The van der Waals surface area contributed by atoms with E-state index in [2.05, 4.69) is 4.74 Å². The summed E-state index contributed by atoms with van der Waals surface area (Å²) in [7, 11) is 2.97. The minimum Gasteiger partial charge on any atom is -0.496 e. The summed E-state index contributed by atoms with van der Waals surface area (Å²) in [5.41, 5.74) is 2.83. The predicted octanol–water partition coefficient (Wildman–Crippen LogP) is 2.46. The van der Waals surface area contributed by atoms with Crippen LogP contribution in [0.15, 0.2) is 12.1 Å². The van der Waals surface area contributed by atoms with Gasteiger partial charge in [-0.2, -0.15) is 0 Å². The summed E-state index contributed by atoms with van der Waals surface area (Å²) in [6.07, 6.45) is 0.233. The first kappa shape index (κ1) is 12.8. The predicted molar refractivity (Wildman–Crippen MR) is 63.0 cm³/mol. The number of methoxy groups -OCH3 is 2. The molecule has 0 aliphatic rings. The van der Waals surface area contributed by atoms with E-state index in [4.69, 9.17) is 16.3 Å². The Morgan fingerprint density at radius 2 is 2.06 bits per heavy atom. The van der Waals surface area contributed by atoms with Gasteiger partial charge in [0.1, 0.15) is 5.75 Å². The van der Waals surface area contributed by atoms with Crippen molar-refractivity contribution in [2.24, 2.45) is 0 Å². The Hall–Kier alpha value is -1.22. The molecule has 0 saturated carbocycles. The zero-order valence-corrected chi connectivity index (χ0v) is 10.4.